The number of likely N-dealkylation sites (tertiary alicyclic amines) is 1. The van der Waals surface area contributed by atoms with Gasteiger partial charge in [-0.15, -0.1) is 24.0 Å². The molecule has 1 aromatic rings. The molecule has 1 aromatic heterocycles. The van der Waals surface area contributed by atoms with Crippen LogP contribution in [0.4, 0.5) is 0 Å². The van der Waals surface area contributed by atoms with Crippen LogP contribution in [-0.4, -0.2) is 67.4 Å². The lowest BCUT2D eigenvalue weighted by Gasteiger charge is -2.34. The van der Waals surface area contributed by atoms with Gasteiger partial charge in [0.1, 0.15) is 0 Å². The summed E-state index contributed by atoms with van der Waals surface area (Å²) in [6.45, 7) is 15.4. The van der Waals surface area contributed by atoms with E-state index >= 15 is 0 Å². The normalized spacial score (nSPS) is 21.0. The summed E-state index contributed by atoms with van der Waals surface area (Å²) in [7, 11) is 0. The smallest absolute Gasteiger partial charge is 0.213 e. The number of aliphatic imine (C=N–C) groups is 1. The summed E-state index contributed by atoms with van der Waals surface area (Å²) in [5.74, 6) is 2.91. The summed E-state index contributed by atoms with van der Waals surface area (Å²) < 4.78 is 11.5. The Balaban J connectivity index is 0.00000385. The van der Waals surface area contributed by atoms with Crippen LogP contribution >= 0.6 is 24.0 Å². The number of pyridine rings is 1. The Morgan fingerprint density at radius 1 is 1.27 bits per heavy atom. The summed E-state index contributed by atoms with van der Waals surface area (Å²) in [5.41, 5.74) is 1.11. The highest BCUT2D eigenvalue weighted by atomic mass is 127. The van der Waals surface area contributed by atoms with Gasteiger partial charge in [-0.25, -0.2) is 9.98 Å². The molecule has 0 radical (unpaired) electrons. The summed E-state index contributed by atoms with van der Waals surface area (Å²) in [6.07, 6.45) is 6.51. The lowest BCUT2D eigenvalue weighted by molar-refractivity contribution is 0.150. The first-order valence-electron chi connectivity index (χ1n) is 12.5. The molecule has 2 fully saturated rings. The van der Waals surface area contributed by atoms with Crippen molar-refractivity contribution >= 4 is 29.9 Å². The number of nitrogens with one attached hydrogen (secondary N) is 2. The van der Waals surface area contributed by atoms with E-state index in [0.29, 0.717) is 24.4 Å². The fourth-order valence-corrected chi connectivity index (χ4v) is 4.57. The number of guanidine groups is 1. The summed E-state index contributed by atoms with van der Waals surface area (Å²) in [4.78, 5) is 11.8. The number of ether oxygens (including phenoxy) is 2. The van der Waals surface area contributed by atoms with Crippen LogP contribution in [0.15, 0.2) is 23.3 Å². The molecule has 0 aromatic carbocycles. The third-order valence-electron chi connectivity index (χ3n) is 6.16. The van der Waals surface area contributed by atoms with Crippen LogP contribution in [0.3, 0.4) is 0 Å². The van der Waals surface area contributed by atoms with E-state index in [1.807, 2.05) is 18.3 Å². The predicted molar refractivity (Wildman–Crippen MR) is 146 cm³/mol. The van der Waals surface area contributed by atoms with E-state index in [9.17, 15) is 0 Å². The van der Waals surface area contributed by atoms with Gasteiger partial charge in [-0.1, -0.05) is 13.8 Å². The second-order valence-corrected chi connectivity index (χ2v) is 9.70. The van der Waals surface area contributed by atoms with Crippen LogP contribution in [-0.2, 0) is 11.3 Å². The molecule has 0 aliphatic carbocycles. The van der Waals surface area contributed by atoms with E-state index in [0.717, 1.165) is 69.6 Å². The third kappa shape index (κ3) is 10.3. The number of aromatic nitrogens is 1. The molecule has 2 aliphatic heterocycles. The van der Waals surface area contributed by atoms with Gasteiger partial charge < -0.3 is 25.0 Å². The maximum atomic E-state index is 6.00. The van der Waals surface area contributed by atoms with Gasteiger partial charge in [-0.3, -0.25) is 0 Å². The lowest BCUT2D eigenvalue weighted by atomic mass is 10.0. The van der Waals surface area contributed by atoms with Crippen LogP contribution in [0, 0.1) is 11.8 Å². The van der Waals surface area contributed by atoms with Crippen molar-refractivity contribution < 1.29 is 9.47 Å². The number of rotatable bonds is 10. The molecule has 33 heavy (non-hydrogen) atoms. The molecule has 2 unspecified atom stereocenters. The van der Waals surface area contributed by atoms with Crippen LogP contribution < -0.4 is 15.4 Å². The van der Waals surface area contributed by atoms with Gasteiger partial charge >= 0.3 is 0 Å². The molecule has 3 heterocycles. The molecule has 2 aliphatic rings. The van der Waals surface area contributed by atoms with Gasteiger partial charge in [0.15, 0.2) is 5.96 Å². The number of piperidine rings is 1. The SMILES string of the molecule is CCNC(=NCc1ccnc(OC(C)CC(C)C)c1)NC1CCN(CC2CCOC2)CC1.I. The Hall–Kier alpha value is -1.13. The molecule has 7 nitrogen and oxygen atoms in total. The first kappa shape index (κ1) is 28.1. The Labute approximate surface area is 217 Å². The minimum absolute atomic E-state index is 0. The van der Waals surface area contributed by atoms with Gasteiger partial charge in [0.25, 0.3) is 0 Å². The van der Waals surface area contributed by atoms with Crippen molar-refractivity contribution in [3.63, 3.8) is 0 Å². The highest BCUT2D eigenvalue weighted by Gasteiger charge is 2.24. The molecule has 2 saturated heterocycles. The van der Waals surface area contributed by atoms with E-state index in [1.54, 1.807) is 0 Å². The highest BCUT2D eigenvalue weighted by Crippen LogP contribution is 2.18. The highest BCUT2D eigenvalue weighted by molar-refractivity contribution is 14.0. The maximum absolute atomic E-state index is 6.00. The zero-order valence-electron chi connectivity index (χ0n) is 20.9. The third-order valence-corrected chi connectivity index (χ3v) is 6.16. The van der Waals surface area contributed by atoms with E-state index in [1.165, 1.54) is 13.0 Å². The molecular formula is C25H44IN5O2. The molecular weight excluding hydrogens is 529 g/mol. The Morgan fingerprint density at radius 3 is 2.73 bits per heavy atom. The Morgan fingerprint density at radius 2 is 2.06 bits per heavy atom. The van der Waals surface area contributed by atoms with E-state index in [2.05, 4.69) is 48.2 Å². The molecule has 2 N–H and O–H groups in total. The number of halogens is 1. The van der Waals surface area contributed by atoms with E-state index < -0.39 is 0 Å². The average molecular weight is 574 g/mol. The topological polar surface area (TPSA) is 71.0 Å². The van der Waals surface area contributed by atoms with Gasteiger partial charge in [-0.05, 0) is 63.0 Å². The van der Waals surface area contributed by atoms with Crippen molar-refractivity contribution in [3.05, 3.63) is 23.9 Å². The van der Waals surface area contributed by atoms with Crippen LogP contribution in [0.5, 0.6) is 5.88 Å². The van der Waals surface area contributed by atoms with E-state index in [4.69, 9.17) is 14.5 Å². The van der Waals surface area contributed by atoms with Gasteiger partial charge in [0.05, 0.1) is 19.3 Å². The van der Waals surface area contributed by atoms with Crippen molar-refractivity contribution in [2.75, 3.05) is 39.4 Å². The average Bonchev–Trinajstić information content (AvgIpc) is 3.26. The standard InChI is InChI=1S/C25H43N5O2.HI/c1-5-26-25(29-23-7-11-30(12-8-23)17-22-9-13-31-18-22)28-16-21-6-10-27-24(15-21)32-20(4)14-19(2)3;/h6,10,15,19-20,22-23H,5,7-9,11-14,16-18H2,1-4H3,(H2,26,28,29);1H. The van der Waals surface area contributed by atoms with Crippen molar-refractivity contribution in [1.82, 2.24) is 20.5 Å². The van der Waals surface area contributed by atoms with Crippen LogP contribution in [0.2, 0.25) is 0 Å². The first-order valence-corrected chi connectivity index (χ1v) is 12.5. The quantitative estimate of drug-likeness (QED) is 0.250. The lowest BCUT2D eigenvalue weighted by Crippen LogP contribution is -2.49. The molecule has 0 spiro atoms. The van der Waals surface area contributed by atoms with E-state index in [-0.39, 0.29) is 30.1 Å². The fourth-order valence-electron chi connectivity index (χ4n) is 4.57. The monoisotopic (exact) mass is 573 g/mol. The minimum Gasteiger partial charge on any atom is -0.475 e. The number of hydrogen-bond donors (Lipinski definition) is 2. The van der Waals surface area contributed by atoms with Gasteiger partial charge in [0.2, 0.25) is 5.88 Å². The maximum Gasteiger partial charge on any atom is 0.213 e. The Bertz CT molecular complexity index is 704. The van der Waals surface area contributed by atoms with Crippen molar-refractivity contribution in [3.8, 4) is 5.88 Å². The zero-order valence-corrected chi connectivity index (χ0v) is 23.2. The predicted octanol–water partition coefficient (Wildman–Crippen LogP) is 4.07. The van der Waals surface area contributed by atoms with Crippen molar-refractivity contribution in [2.45, 2.75) is 72.1 Å². The Kier molecular flexibility index (Phi) is 12.8. The molecule has 0 amide bonds. The van der Waals surface area contributed by atoms with Crippen LogP contribution in [0.1, 0.15) is 58.9 Å². The molecule has 2 atom stereocenters. The van der Waals surface area contributed by atoms with Gasteiger partial charge in [-0.2, -0.15) is 0 Å². The van der Waals surface area contributed by atoms with Crippen molar-refractivity contribution in [2.24, 2.45) is 16.8 Å². The molecule has 0 bridgehead atoms. The summed E-state index contributed by atoms with van der Waals surface area (Å²) in [6, 6.07) is 4.49. The molecule has 0 saturated carbocycles. The second-order valence-electron chi connectivity index (χ2n) is 9.70. The molecule has 188 valence electrons. The van der Waals surface area contributed by atoms with Gasteiger partial charge in [0, 0.05) is 51.1 Å². The van der Waals surface area contributed by atoms with Crippen LogP contribution in [0.25, 0.3) is 0 Å². The largest absolute Gasteiger partial charge is 0.475 e. The minimum atomic E-state index is 0. The number of hydrogen-bond acceptors (Lipinski definition) is 5. The first-order chi connectivity index (χ1) is 15.5. The summed E-state index contributed by atoms with van der Waals surface area (Å²) in [5, 5.41) is 7.05. The summed E-state index contributed by atoms with van der Waals surface area (Å²) >= 11 is 0. The van der Waals surface area contributed by atoms with Crippen molar-refractivity contribution in [1.29, 1.82) is 0 Å². The molecule has 3 rings (SSSR count). The molecule has 8 heteroatoms. The fraction of sp³-hybridized carbons (Fsp3) is 0.760. The second kappa shape index (κ2) is 15.0. The number of nitrogens with zero attached hydrogens (tertiary/aromatic N) is 3. The zero-order chi connectivity index (χ0) is 22.8.